The summed E-state index contributed by atoms with van der Waals surface area (Å²) in [5.41, 5.74) is 1.78. The molecule has 0 aliphatic heterocycles. The van der Waals surface area contributed by atoms with Gasteiger partial charge >= 0.3 is 5.97 Å². The number of carboxylic acids is 1. The highest BCUT2D eigenvalue weighted by Crippen LogP contribution is 2.22. The second-order valence-corrected chi connectivity index (χ2v) is 4.80. The standard InChI is InChI=1S/C14H15NO3/c16-14(17)13-7-10-6-9(4-5-12(10)18-13)8-15-11-2-1-3-11/h4-7,11,15H,1-3,8H2,(H,16,17). The number of furan rings is 1. The van der Waals surface area contributed by atoms with Crippen molar-refractivity contribution < 1.29 is 14.3 Å². The van der Waals surface area contributed by atoms with Crippen LogP contribution >= 0.6 is 0 Å². The molecule has 1 saturated carbocycles. The number of carboxylic acid groups (broad SMARTS) is 1. The van der Waals surface area contributed by atoms with Crippen LogP contribution in [-0.2, 0) is 6.54 Å². The van der Waals surface area contributed by atoms with E-state index >= 15 is 0 Å². The lowest BCUT2D eigenvalue weighted by Gasteiger charge is -2.26. The molecule has 0 bridgehead atoms. The summed E-state index contributed by atoms with van der Waals surface area (Å²) in [6, 6.07) is 8.02. The van der Waals surface area contributed by atoms with Crippen molar-refractivity contribution >= 4 is 16.9 Å². The lowest BCUT2D eigenvalue weighted by molar-refractivity contribution is 0.0665. The Labute approximate surface area is 105 Å². The van der Waals surface area contributed by atoms with Crippen molar-refractivity contribution in [3.63, 3.8) is 0 Å². The number of rotatable bonds is 4. The second kappa shape index (κ2) is 4.46. The molecule has 4 nitrogen and oxygen atoms in total. The average Bonchev–Trinajstić information content (AvgIpc) is 2.70. The van der Waals surface area contributed by atoms with Gasteiger partial charge < -0.3 is 14.8 Å². The third kappa shape index (κ3) is 2.11. The Morgan fingerprint density at radius 3 is 2.89 bits per heavy atom. The fourth-order valence-corrected chi connectivity index (χ4v) is 2.18. The summed E-state index contributed by atoms with van der Waals surface area (Å²) >= 11 is 0. The van der Waals surface area contributed by atoms with Gasteiger partial charge in [-0.2, -0.15) is 0 Å². The van der Waals surface area contributed by atoms with Gasteiger partial charge in [0.25, 0.3) is 0 Å². The van der Waals surface area contributed by atoms with Crippen LogP contribution in [0.1, 0.15) is 35.4 Å². The van der Waals surface area contributed by atoms with Crippen molar-refractivity contribution in [2.45, 2.75) is 31.8 Å². The molecule has 1 aliphatic rings. The molecule has 0 spiro atoms. The Morgan fingerprint density at radius 1 is 1.39 bits per heavy atom. The van der Waals surface area contributed by atoms with Crippen molar-refractivity contribution in [3.8, 4) is 0 Å². The number of benzene rings is 1. The fourth-order valence-electron chi connectivity index (χ4n) is 2.18. The predicted molar refractivity (Wildman–Crippen MR) is 67.7 cm³/mol. The maximum atomic E-state index is 10.8. The number of hydrogen-bond donors (Lipinski definition) is 2. The first-order chi connectivity index (χ1) is 8.72. The minimum atomic E-state index is -1.03. The molecule has 1 aromatic heterocycles. The van der Waals surface area contributed by atoms with E-state index in [-0.39, 0.29) is 5.76 Å². The van der Waals surface area contributed by atoms with Gasteiger partial charge in [0.1, 0.15) is 5.58 Å². The van der Waals surface area contributed by atoms with Gasteiger partial charge in [0.2, 0.25) is 5.76 Å². The molecule has 4 heteroatoms. The van der Waals surface area contributed by atoms with E-state index in [1.807, 2.05) is 18.2 Å². The zero-order chi connectivity index (χ0) is 12.5. The van der Waals surface area contributed by atoms with E-state index in [2.05, 4.69) is 5.32 Å². The largest absolute Gasteiger partial charge is 0.475 e. The van der Waals surface area contributed by atoms with Crippen molar-refractivity contribution in [2.24, 2.45) is 0 Å². The third-order valence-electron chi connectivity index (χ3n) is 3.49. The van der Waals surface area contributed by atoms with Crippen LogP contribution in [0.3, 0.4) is 0 Å². The van der Waals surface area contributed by atoms with E-state index in [4.69, 9.17) is 9.52 Å². The van der Waals surface area contributed by atoms with E-state index in [0.29, 0.717) is 11.6 Å². The minimum Gasteiger partial charge on any atom is -0.475 e. The van der Waals surface area contributed by atoms with Crippen LogP contribution in [0.5, 0.6) is 0 Å². The smallest absolute Gasteiger partial charge is 0.371 e. The summed E-state index contributed by atoms with van der Waals surface area (Å²) < 4.78 is 5.22. The molecule has 18 heavy (non-hydrogen) atoms. The van der Waals surface area contributed by atoms with Gasteiger partial charge in [-0.3, -0.25) is 0 Å². The number of carbonyl (C=O) groups is 1. The lowest BCUT2D eigenvalue weighted by Crippen LogP contribution is -2.34. The monoisotopic (exact) mass is 245 g/mol. The van der Waals surface area contributed by atoms with Crippen LogP contribution < -0.4 is 5.32 Å². The molecular formula is C14H15NO3. The summed E-state index contributed by atoms with van der Waals surface area (Å²) in [5, 5.41) is 13.2. The van der Waals surface area contributed by atoms with E-state index in [0.717, 1.165) is 17.5 Å². The molecule has 0 amide bonds. The highest BCUT2D eigenvalue weighted by Gasteiger charge is 2.16. The minimum absolute atomic E-state index is 0.00546. The highest BCUT2D eigenvalue weighted by atomic mass is 16.4. The molecular weight excluding hydrogens is 230 g/mol. The Bertz CT molecular complexity index is 584. The molecule has 1 aliphatic carbocycles. The normalized spacial score (nSPS) is 15.8. The molecule has 0 atom stereocenters. The van der Waals surface area contributed by atoms with Gasteiger partial charge in [-0.05, 0) is 36.6 Å². The van der Waals surface area contributed by atoms with E-state index in [1.165, 1.54) is 19.3 Å². The summed E-state index contributed by atoms with van der Waals surface area (Å²) in [4.78, 5) is 10.8. The molecule has 1 heterocycles. The quantitative estimate of drug-likeness (QED) is 0.869. The maximum Gasteiger partial charge on any atom is 0.371 e. The van der Waals surface area contributed by atoms with Crippen molar-refractivity contribution in [3.05, 3.63) is 35.6 Å². The highest BCUT2D eigenvalue weighted by molar-refractivity contribution is 5.91. The molecule has 3 rings (SSSR count). The molecule has 2 N–H and O–H groups in total. The van der Waals surface area contributed by atoms with Gasteiger partial charge in [-0.1, -0.05) is 12.5 Å². The predicted octanol–water partition coefficient (Wildman–Crippen LogP) is 2.77. The SMILES string of the molecule is O=C(O)c1cc2cc(CNC3CCC3)ccc2o1. The first-order valence-corrected chi connectivity index (χ1v) is 6.21. The maximum absolute atomic E-state index is 10.8. The van der Waals surface area contributed by atoms with Crippen molar-refractivity contribution in [1.82, 2.24) is 5.32 Å². The summed E-state index contributed by atoms with van der Waals surface area (Å²) in [6.45, 7) is 0.828. The lowest BCUT2D eigenvalue weighted by atomic mass is 9.93. The first-order valence-electron chi connectivity index (χ1n) is 6.21. The molecule has 2 aromatic rings. The zero-order valence-corrected chi connectivity index (χ0v) is 9.98. The van der Waals surface area contributed by atoms with E-state index < -0.39 is 5.97 Å². The summed E-state index contributed by atoms with van der Waals surface area (Å²) in [5.74, 6) is -1.03. The van der Waals surface area contributed by atoms with Gasteiger partial charge in [-0.15, -0.1) is 0 Å². The Kier molecular flexibility index (Phi) is 2.80. The third-order valence-corrected chi connectivity index (χ3v) is 3.49. The van der Waals surface area contributed by atoms with Gasteiger partial charge in [0, 0.05) is 18.0 Å². The number of hydrogen-bond acceptors (Lipinski definition) is 3. The van der Waals surface area contributed by atoms with Crippen molar-refractivity contribution in [2.75, 3.05) is 0 Å². The fraction of sp³-hybridized carbons (Fsp3) is 0.357. The topological polar surface area (TPSA) is 62.5 Å². The van der Waals surface area contributed by atoms with Crippen LogP contribution in [0, 0.1) is 0 Å². The Morgan fingerprint density at radius 2 is 2.22 bits per heavy atom. The van der Waals surface area contributed by atoms with Crippen LogP contribution in [0.4, 0.5) is 0 Å². The number of aromatic carboxylic acids is 1. The zero-order valence-electron chi connectivity index (χ0n) is 9.98. The van der Waals surface area contributed by atoms with Crippen molar-refractivity contribution in [1.29, 1.82) is 0 Å². The van der Waals surface area contributed by atoms with Crippen LogP contribution in [0.2, 0.25) is 0 Å². The Balaban J connectivity index is 1.78. The van der Waals surface area contributed by atoms with Crippen LogP contribution in [-0.4, -0.2) is 17.1 Å². The molecule has 94 valence electrons. The van der Waals surface area contributed by atoms with Gasteiger partial charge in [0.05, 0.1) is 0 Å². The first kappa shape index (κ1) is 11.3. The Hall–Kier alpha value is -1.81. The van der Waals surface area contributed by atoms with Gasteiger partial charge in [0.15, 0.2) is 0 Å². The van der Waals surface area contributed by atoms with E-state index in [9.17, 15) is 4.79 Å². The molecule has 0 unspecified atom stereocenters. The summed E-state index contributed by atoms with van der Waals surface area (Å²) in [7, 11) is 0. The van der Waals surface area contributed by atoms with E-state index in [1.54, 1.807) is 6.07 Å². The molecule has 1 aromatic carbocycles. The molecule has 0 saturated heterocycles. The second-order valence-electron chi connectivity index (χ2n) is 4.80. The summed E-state index contributed by atoms with van der Waals surface area (Å²) in [6.07, 6.45) is 3.84. The van der Waals surface area contributed by atoms with Crippen LogP contribution in [0.25, 0.3) is 11.0 Å². The average molecular weight is 245 g/mol. The number of fused-ring (bicyclic) bond motifs is 1. The molecule has 1 fully saturated rings. The van der Waals surface area contributed by atoms with Gasteiger partial charge in [-0.25, -0.2) is 4.79 Å². The van der Waals surface area contributed by atoms with Crippen LogP contribution in [0.15, 0.2) is 28.7 Å². The molecule has 0 radical (unpaired) electrons. The number of nitrogens with one attached hydrogen (secondary N) is 1.